The number of fused-ring (bicyclic) bond motifs is 1. The monoisotopic (exact) mass is 445 g/mol. The smallest absolute Gasteiger partial charge is 0.332 e. The molecule has 32 heavy (non-hydrogen) atoms. The number of aliphatic hydroxyl groups is 1. The molecule has 2 aromatic carbocycles. The first-order valence-electron chi connectivity index (χ1n) is 10.4. The first-order valence-corrected chi connectivity index (χ1v) is 10.4. The summed E-state index contributed by atoms with van der Waals surface area (Å²) in [7, 11) is 1.60. The van der Waals surface area contributed by atoms with Gasteiger partial charge in [0.2, 0.25) is 0 Å². The van der Waals surface area contributed by atoms with Crippen LogP contribution in [-0.4, -0.2) is 44.4 Å². The Bertz CT molecular complexity index is 1240. The molecular formula is C23H22F3N3O3. The van der Waals surface area contributed by atoms with E-state index in [1.165, 1.54) is 33.4 Å². The molecule has 2 heterocycles. The summed E-state index contributed by atoms with van der Waals surface area (Å²) >= 11 is 0. The number of likely N-dealkylation sites (tertiary alicyclic amines) is 1. The second kappa shape index (κ2) is 7.83. The van der Waals surface area contributed by atoms with Crippen molar-refractivity contribution in [1.82, 2.24) is 14.0 Å². The molecule has 0 saturated carbocycles. The molecule has 9 heteroatoms. The number of aryl methyl sites for hydroxylation is 1. The van der Waals surface area contributed by atoms with Gasteiger partial charge in [0.25, 0.3) is 0 Å². The van der Waals surface area contributed by atoms with E-state index in [0.717, 1.165) is 6.07 Å². The van der Waals surface area contributed by atoms with Crippen LogP contribution in [0.2, 0.25) is 0 Å². The number of aliphatic hydroxyl groups excluding tert-OH is 1. The van der Waals surface area contributed by atoms with Gasteiger partial charge in [-0.3, -0.25) is 9.47 Å². The van der Waals surface area contributed by atoms with Crippen molar-refractivity contribution in [2.45, 2.75) is 31.1 Å². The number of benzene rings is 2. The zero-order valence-electron chi connectivity index (χ0n) is 17.3. The Balaban J connectivity index is 1.54. The summed E-state index contributed by atoms with van der Waals surface area (Å²) in [5, 5.41) is 9.98. The summed E-state index contributed by atoms with van der Waals surface area (Å²) in [4.78, 5) is 14.3. The molecular weight excluding hydrogens is 423 g/mol. The van der Waals surface area contributed by atoms with E-state index in [1.54, 1.807) is 19.4 Å². The van der Waals surface area contributed by atoms with E-state index in [2.05, 4.69) is 0 Å². The Kier molecular flexibility index (Phi) is 5.10. The fourth-order valence-electron chi connectivity index (χ4n) is 4.68. The standard InChI is InChI=1S/C23H22F3N3O3/c1-27-6-7-29(23(27)31)14-2-3-18(25)21(10-14)32-22-17-8-13(24)9-19(26)16(17)11-20(22)28-5-4-15(30)12-28/h2-3,6-10,15,20,22,30H,4-5,11-12H2,1H3/t15-,20-,22+/m1/s1. The van der Waals surface area contributed by atoms with E-state index < -0.39 is 29.7 Å². The van der Waals surface area contributed by atoms with Crippen LogP contribution in [0.15, 0.2) is 47.5 Å². The molecule has 0 unspecified atom stereocenters. The van der Waals surface area contributed by atoms with Crippen LogP contribution in [0.5, 0.6) is 5.75 Å². The van der Waals surface area contributed by atoms with Gasteiger partial charge in [0, 0.05) is 50.2 Å². The molecule has 1 aliphatic heterocycles. The van der Waals surface area contributed by atoms with Gasteiger partial charge in [-0.15, -0.1) is 0 Å². The maximum Gasteiger partial charge on any atom is 0.332 e. The molecule has 0 radical (unpaired) electrons. The lowest BCUT2D eigenvalue weighted by atomic mass is 10.1. The minimum atomic E-state index is -0.835. The minimum absolute atomic E-state index is 0.120. The number of hydrogen-bond acceptors (Lipinski definition) is 4. The average Bonchev–Trinajstić information content (AvgIpc) is 3.42. The third kappa shape index (κ3) is 3.51. The summed E-state index contributed by atoms with van der Waals surface area (Å²) < 4.78 is 52.1. The topological polar surface area (TPSA) is 59.6 Å². The van der Waals surface area contributed by atoms with Crippen molar-refractivity contribution >= 4 is 0 Å². The molecule has 1 N–H and O–H groups in total. The molecule has 1 fully saturated rings. The van der Waals surface area contributed by atoms with Crippen LogP contribution in [0.25, 0.3) is 5.69 Å². The van der Waals surface area contributed by atoms with Gasteiger partial charge >= 0.3 is 5.69 Å². The highest BCUT2D eigenvalue weighted by Crippen LogP contribution is 2.41. The van der Waals surface area contributed by atoms with Crippen molar-refractivity contribution in [3.63, 3.8) is 0 Å². The lowest BCUT2D eigenvalue weighted by molar-refractivity contribution is 0.0789. The number of ether oxygens (including phenoxy) is 1. The van der Waals surface area contributed by atoms with Gasteiger partial charge < -0.3 is 14.4 Å². The highest BCUT2D eigenvalue weighted by molar-refractivity contribution is 5.43. The van der Waals surface area contributed by atoms with E-state index in [1.807, 2.05) is 4.90 Å². The second-order valence-corrected chi connectivity index (χ2v) is 8.38. The molecule has 1 aliphatic carbocycles. The van der Waals surface area contributed by atoms with Gasteiger partial charge in [0.15, 0.2) is 11.6 Å². The number of rotatable bonds is 4. The fourth-order valence-corrected chi connectivity index (χ4v) is 4.68. The molecule has 0 bridgehead atoms. The summed E-state index contributed by atoms with van der Waals surface area (Å²) in [6.07, 6.45) is 2.63. The molecule has 2 aliphatic rings. The lowest BCUT2D eigenvalue weighted by Gasteiger charge is -2.30. The fraction of sp³-hybridized carbons (Fsp3) is 0.348. The van der Waals surface area contributed by atoms with Crippen molar-refractivity contribution in [3.8, 4) is 11.4 Å². The van der Waals surface area contributed by atoms with Gasteiger partial charge in [-0.25, -0.2) is 18.0 Å². The van der Waals surface area contributed by atoms with E-state index >= 15 is 0 Å². The van der Waals surface area contributed by atoms with Gasteiger partial charge in [-0.2, -0.15) is 0 Å². The Morgan fingerprint density at radius 1 is 1.09 bits per heavy atom. The van der Waals surface area contributed by atoms with Crippen LogP contribution in [-0.2, 0) is 13.5 Å². The molecule has 3 atom stereocenters. The van der Waals surface area contributed by atoms with E-state index in [9.17, 15) is 23.1 Å². The van der Waals surface area contributed by atoms with Crippen molar-refractivity contribution in [3.05, 3.63) is 81.8 Å². The number of aromatic nitrogens is 2. The molecule has 0 spiro atoms. The van der Waals surface area contributed by atoms with Crippen molar-refractivity contribution in [2.75, 3.05) is 13.1 Å². The lowest BCUT2D eigenvalue weighted by Crippen LogP contribution is -2.39. The summed E-state index contributed by atoms with van der Waals surface area (Å²) in [5.41, 5.74) is 0.764. The highest BCUT2D eigenvalue weighted by Gasteiger charge is 2.42. The molecule has 0 amide bonds. The normalized spacial score (nSPS) is 23.0. The Labute approximate surface area is 182 Å². The number of hydrogen-bond donors (Lipinski definition) is 1. The molecule has 1 aromatic heterocycles. The van der Waals surface area contributed by atoms with E-state index in [4.69, 9.17) is 4.74 Å². The maximum atomic E-state index is 14.7. The Morgan fingerprint density at radius 2 is 1.91 bits per heavy atom. The van der Waals surface area contributed by atoms with Gasteiger partial charge in [-0.05, 0) is 36.6 Å². The zero-order valence-corrected chi connectivity index (χ0v) is 17.3. The quantitative estimate of drug-likeness (QED) is 0.671. The van der Waals surface area contributed by atoms with Crippen molar-refractivity contribution in [1.29, 1.82) is 0 Å². The highest BCUT2D eigenvalue weighted by atomic mass is 19.1. The predicted octanol–water partition coefficient (Wildman–Crippen LogP) is 2.70. The first-order chi connectivity index (χ1) is 15.3. The maximum absolute atomic E-state index is 14.7. The number of halogens is 3. The van der Waals surface area contributed by atoms with Gasteiger partial charge in [0.1, 0.15) is 17.7 Å². The molecule has 168 valence electrons. The molecule has 1 saturated heterocycles. The van der Waals surface area contributed by atoms with Crippen molar-refractivity contribution < 1.29 is 23.0 Å². The van der Waals surface area contributed by atoms with Crippen LogP contribution >= 0.6 is 0 Å². The van der Waals surface area contributed by atoms with Crippen molar-refractivity contribution in [2.24, 2.45) is 7.05 Å². The third-order valence-corrected chi connectivity index (χ3v) is 6.32. The largest absolute Gasteiger partial charge is 0.481 e. The van der Waals surface area contributed by atoms with Crippen LogP contribution < -0.4 is 10.4 Å². The van der Waals surface area contributed by atoms with Crippen LogP contribution in [0.3, 0.4) is 0 Å². The predicted molar refractivity (Wildman–Crippen MR) is 110 cm³/mol. The SMILES string of the molecule is Cn1ccn(-c2ccc(F)c(O[C@H]3c4cc(F)cc(F)c4C[C@H]3N3CC[C@@H](O)C3)c2)c1=O. The number of imidazole rings is 1. The zero-order chi connectivity index (χ0) is 22.6. The second-order valence-electron chi connectivity index (χ2n) is 8.38. The van der Waals surface area contributed by atoms with Gasteiger partial charge in [0.05, 0.1) is 17.8 Å². The summed E-state index contributed by atoms with van der Waals surface area (Å²) in [5.74, 6) is -2.17. The minimum Gasteiger partial charge on any atom is -0.481 e. The van der Waals surface area contributed by atoms with Crippen LogP contribution in [0.1, 0.15) is 23.7 Å². The third-order valence-electron chi connectivity index (χ3n) is 6.32. The number of β-amino-alcohol motifs (C(OH)–C–C–N with tert-alkyl or cyclic N) is 1. The average molecular weight is 445 g/mol. The van der Waals surface area contributed by atoms with Gasteiger partial charge in [-0.1, -0.05) is 0 Å². The van der Waals surface area contributed by atoms with Crippen LogP contribution in [0, 0.1) is 17.5 Å². The molecule has 3 aromatic rings. The summed E-state index contributed by atoms with van der Waals surface area (Å²) in [6, 6.07) is 5.72. The molecule has 5 rings (SSSR count). The van der Waals surface area contributed by atoms with E-state index in [0.29, 0.717) is 36.3 Å². The van der Waals surface area contributed by atoms with Crippen LogP contribution in [0.4, 0.5) is 13.2 Å². The number of nitrogens with zero attached hydrogens (tertiary/aromatic N) is 3. The molecule has 6 nitrogen and oxygen atoms in total. The first kappa shape index (κ1) is 20.8. The summed E-state index contributed by atoms with van der Waals surface area (Å²) in [6.45, 7) is 0.955. The Hall–Kier alpha value is -3.04. The Morgan fingerprint density at radius 3 is 2.59 bits per heavy atom. The van der Waals surface area contributed by atoms with E-state index in [-0.39, 0.29) is 23.9 Å².